The van der Waals surface area contributed by atoms with E-state index in [2.05, 4.69) is 5.32 Å². The molecule has 1 fully saturated rings. The molecular formula is C16H20F4N2O2. The minimum atomic E-state index is -4.26. The maximum Gasteiger partial charge on any atom is 0.404 e. The topological polar surface area (TPSA) is 41.6 Å². The molecule has 0 bridgehead atoms. The van der Waals surface area contributed by atoms with Gasteiger partial charge in [-0.1, -0.05) is 6.07 Å². The molecule has 4 nitrogen and oxygen atoms in total. The number of nitrogens with one attached hydrogen (secondary N) is 1. The maximum atomic E-state index is 13.6. The van der Waals surface area contributed by atoms with Gasteiger partial charge in [0.15, 0.2) is 11.6 Å². The Bertz CT molecular complexity index is 592. The smallest absolute Gasteiger partial charge is 0.404 e. The van der Waals surface area contributed by atoms with Crippen LogP contribution >= 0.6 is 0 Å². The highest BCUT2D eigenvalue weighted by Crippen LogP contribution is 2.30. The number of hydrogen-bond donors (Lipinski definition) is 1. The van der Waals surface area contributed by atoms with Gasteiger partial charge in [0.25, 0.3) is 0 Å². The Morgan fingerprint density at radius 3 is 2.62 bits per heavy atom. The van der Waals surface area contributed by atoms with Gasteiger partial charge in [-0.05, 0) is 37.6 Å². The second-order valence-electron chi connectivity index (χ2n) is 5.98. The molecule has 134 valence electrons. The fourth-order valence-corrected chi connectivity index (χ4v) is 2.96. The van der Waals surface area contributed by atoms with Crippen LogP contribution in [0.2, 0.25) is 0 Å². The molecule has 0 saturated carbocycles. The van der Waals surface area contributed by atoms with Crippen molar-refractivity contribution in [2.45, 2.75) is 37.5 Å². The summed E-state index contributed by atoms with van der Waals surface area (Å²) in [6.07, 6.45) is -4.09. The maximum absolute atomic E-state index is 13.6. The molecule has 0 spiro atoms. The van der Waals surface area contributed by atoms with Gasteiger partial charge in [0.2, 0.25) is 5.91 Å². The van der Waals surface area contributed by atoms with E-state index in [4.69, 9.17) is 4.74 Å². The zero-order valence-corrected chi connectivity index (χ0v) is 13.5. The number of benzene rings is 1. The standard InChI is InChI=1S/C16H20F4N2O2/c1-22-9-11(4-6-14(22)16(18,19)20)21-15(23)8-10-3-5-13(24-2)12(17)7-10/h3,5,7,11,14H,4,6,8-9H2,1-2H3,(H,21,23)/t11-,14+/m1/s1. The van der Waals surface area contributed by atoms with Crippen molar-refractivity contribution in [2.75, 3.05) is 20.7 Å². The Hall–Kier alpha value is -1.83. The zero-order chi connectivity index (χ0) is 17.9. The molecular weight excluding hydrogens is 328 g/mol. The molecule has 1 saturated heterocycles. The molecule has 0 unspecified atom stereocenters. The summed E-state index contributed by atoms with van der Waals surface area (Å²) in [5, 5.41) is 2.72. The van der Waals surface area contributed by atoms with Crippen molar-refractivity contribution in [1.82, 2.24) is 10.2 Å². The summed E-state index contributed by atoms with van der Waals surface area (Å²) in [5.41, 5.74) is 0.475. The summed E-state index contributed by atoms with van der Waals surface area (Å²) in [7, 11) is 2.74. The van der Waals surface area contributed by atoms with Crippen LogP contribution in [0.15, 0.2) is 18.2 Å². The van der Waals surface area contributed by atoms with E-state index >= 15 is 0 Å². The second-order valence-corrected chi connectivity index (χ2v) is 5.98. The lowest BCUT2D eigenvalue weighted by Gasteiger charge is -2.38. The number of amides is 1. The number of likely N-dealkylation sites (tertiary alicyclic amines) is 1. The van der Waals surface area contributed by atoms with Crippen molar-refractivity contribution in [3.8, 4) is 5.75 Å². The van der Waals surface area contributed by atoms with Gasteiger partial charge >= 0.3 is 6.18 Å². The fraction of sp³-hybridized carbons (Fsp3) is 0.562. The molecule has 2 rings (SSSR count). The average molecular weight is 348 g/mol. The van der Waals surface area contributed by atoms with Crippen LogP contribution in [0.1, 0.15) is 18.4 Å². The molecule has 1 amide bonds. The predicted octanol–water partition coefficient (Wildman–Crippen LogP) is 2.52. The van der Waals surface area contributed by atoms with Gasteiger partial charge in [0.1, 0.15) is 6.04 Å². The van der Waals surface area contributed by atoms with Crippen molar-refractivity contribution in [1.29, 1.82) is 0 Å². The van der Waals surface area contributed by atoms with Crippen molar-refractivity contribution >= 4 is 5.91 Å². The third kappa shape index (κ3) is 4.59. The molecule has 0 aromatic heterocycles. The number of piperidine rings is 1. The van der Waals surface area contributed by atoms with Crippen LogP contribution in [0.3, 0.4) is 0 Å². The molecule has 2 atom stereocenters. The van der Waals surface area contributed by atoms with Crippen LogP contribution in [0.25, 0.3) is 0 Å². The summed E-state index contributed by atoms with van der Waals surface area (Å²) < 4.78 is 56.8. The molecule has 0 radical (unpaired) electrons. The lowest BCUT2D eigenvalue weighted by Crippen LogP contribution is -2.54. The number of ether oxygens (including phenoxy) is 1. The molecule has 1 aromatic rings. The number of alkyl halides is 3. The summed E-state index contributed by atoms with van der Waals surface area (Å²) in [6, 6.07) is 2.41. The van der Waals surface area contributed by atoms with E-state index in [1.807, 2.05) is 0 Å². The predicted molar refractivity (Wildman–Crippen MR) is 80.3 cm³/mol. The first kappa shape index (κ1) is 18.5. The van der Waals surface area contributed by atoms with Gasteiger partial charge in [-0.15, -0.1) is 0 Å². The fourth-order valence-electron chi connectivity index (χ4n) is 2.96. The number of likely N-dealkylation sites (N-methyl/N-ethyl adjacent to an activating group) is 1. The van der Waals surface area contributed by atoms with Crippen LogP contribution in [0.5, 0.6) is 5.75 Å². The quantitative estimate of drug-likeness (QED) is 0.851. The van der Waals surface area contributed by atoms with Gasteiger partial charge < -0.3 is 10.1 Å². The third-order valence-corrected chi connectivity index (χ3v) is 4.15. The largest absolute Gasteiger partial charge is 0.494 e. The lowest BCUT2D eigenvalue weighted by molar-refractivity contribution is -0.188. The number of carbonyl (C=O) groups excluding carboxylic acids is 1. The number of nitrogens with zero attached hydrogens (tertiary/aromatic N) is 1. The number of methoxy groups -OCH3 is 1. The second kappa shape index (κ2) is 7.38. The third-order valence-electron chi connectivity index (χ3n) is 4.15. The summed E-state index contributed by atoms with van der Waals surface area (Å²) in [4.78, 5) is 13.2. The Labute approximate surface area is 137 Å². The van der Waals surface area contributed by atoms with Gasteiger partial charge in [-0.2, -0.15) is 13.2 Å². The van der Waals surface area contributed by atoms with Crippen LogP contribution in [0, 0.1) is 5.82 Å². The van der Waals surface area contributed by atoms with Gasteiger partial charge in [-0.25, -0.2) is 4.39 Å². The normalized spacial score (nSPS) is 22.2. The number of halogens is 4. The first-order valence-electron chi connectivity index (χ1n) is 7.59. The first-order chi connectivity index (χ1) is 11.2. The van der Waals surface area contributed by atoms with Crippen molar-refractivity contribution < 1.29 is 27.1 Å². The molecule has 1 aliphatic rings. The monoisotopic (exact) mass is 348 g/mol. The molecule has 24 heavy (non-hydrogen) atoms. The SMILES string of the molecule is COc1ccc(CC(=O)N[C@@H]2CC[C@@H](C(F)(F)F)N(C)C2)cc1F. The highest BCUT2D eigenvalue weighted by Gasteiger charge is 2.44. The van der Waals surface area contributed by atoms with Crippen molar-refractivity contribution in [3.05, 3.63) is 29.6 Å². The van der Waals surface area contributed by atoms with Crippen LogP contribution < -0.4 is 10.1 Å². The lowest BCUT2D eigenvalue weighted by atomic mass is 9.98. The van der Waals surface area contributed by atoms with Gasteiger partial charge in [-0.3, -0.25) is 9.69 Å². The minimum Gasteiger partial charge on any atom is -0.494 e. The molecule has 0 aliphatic carbocycles. The Morgan fingerprint density at radius 1 is 1.38 bits per heavy atom. The van der Waals surface area contributed by atoms with Crippen LogP contribution in [0.4, 0.5) is 17.6 Å². The van der Waals surface area contributed by atoms with E-state index in [9.17, 15) is 22.4 Å². The number of rotatable bonds is 4. The highest BCUT2D eigenvalue weighted by atomic mass is 19.4. The first-order valence-corrected chi connectivity index (χ1v) is 7.59. The average Bonchev–Trinajstić information content (AvgIpc) is 2.46. The van der Waals surface area contributed by atoms with Gasteiger partial charge in [0, 0.05) is 12.6 Å². The van der Waals surface area contributed by atoms with Gasteiger partial charge in [0.05, 0.1) is 13.5 Å². The highest BCUT2D eigenvalue weighted by molar-refractivity contribution is 5.79. The number of hydrogen-bond acceptors (Lipinski definition) is 3. The van der Waals surface area contributed by atoms with E-state index in [1.165, 1.54) is 31.2 Å². The van der Waals surface area contributed by atoms with E-state index in [0.29, 0.717) is 5.56 Å². The Morgan fingerprint density at radius 2 is 2.08 bits per heavy atom. The molecule has 8 heteroatoms. The molecule has 1 aromatic carbocycles. The van der Waals surface area contributed by atoms with Crippen molar-refractivity contribution in [3.63, 3.8) is 0 Å². The number of carbonyl (C=O) groups is 1. The zero-order valence-electron chi connectivity index (χ0n) is 13.5. The van der Waals surface area contributed by atoms with E-state index in [-0.39, 0.29) is 43.5 Å². The molecule has 1 aliphatic heterocycles. The Kier molecular flexibility index (Phi) is 5.69. The minimum absolute atomic E-state index is 0.0379. The van der Waals surface area contributed by atoms with E-state index in [0.717, 1.165) is 0 Å². The Balaban J connectivity index is 1.88. The molecule has 1 heterocycles. The summed E-state index contributed by atoms with van der Waals surface area (Å²) >= 11 is 0. The van der Waals surface area contributed by atoms with Crippen LogP contribution in [-0.4, -0.2) is 49.8 Å². The van der Waals surface area contributed by atoms with Crippen LogP contribution in [-0.2, 0) is 11.2 Å². The molecule has 1 N–H and O–H groups in total. The van der Waals surface area contributed by atoms with Crippen molar-refractivity contribution in [2.24, 2.45) is 0 Å². The van der Waals surface area contributed by atoms with E-state index in [1.54, 1.807) is 6.07 Å². The summed E-state index contributed by atoms with van der Waals surface area (Å²) in [5.74, 6) is -0.817. The summed E-state index contributed by atoms with van der Waals surface area (Å²) in [6.45, 7) is 0.132. The van der Waals surface area contributed by atoms with E-state index < -0.39 is 18.0 Å².